The Labute approximate surface area is 113 Å². The lowest BCUT2D eigenvalue weighted by molar-refractivity contribution is 0.0714. The quantitative estimate of drug-likeness (QED) is 0.837. The zero-order chi connectivity index (χ0) is 12.6. The maximum absolute atomic E-state index is 6.00. The van der Waals surface area contributed by atoms with Crippen molar-refractivity contribution in [3.8, 4) is 5.75 Å². The monoisotopic (exact) mass is 264 g/mol. The van der Waals surface area contributed by atoms with Crippen molar-refractivity contribution in [2.24, 2.45) is 0 Å². The summed E-state index contributed by atoms with van der Waals surface area (Å²) in [6.45, 7) is 7.00. The molecule has 0 amide bonds. The molecule has 2 aliphatic heterocycles. The fourth-order valence-corrected chi connectivity index (χ4v) is 4.31. The zero-order valence-electron chi connectivity index (χ0n) is 11.0. The van der Waals surface area contributed by atoms with E-state index < -0.39 is 0 Å². The molecule has 2 aliphatic rings. The molecule has 0 radical (unpaired) electrons. The summed E-state index contributed by atoms with van der Waals surface area (Å²) in [7, 11) is 0. The van der Waals surface area contributed by atoms with Crippen LogP contribution >= 0.6 is 11.8 Å². The number of aromatic nitrogens is 1. The summed E-state index contributed by atoms with van der Waals surface area (Å²) in [6, 6.07) is 4.59. The Balaban J connectivity index is 1.54. The van der Waals surface area contributed by atoms with Crippen molar-refractivity contribution in [1.29, 1.82) is 0 Å². The van der Waals surface area contributed by atoms with Gasteiger partial charge in [-0.2, -0.15) is 0 Å². The van der Waals surface area contributed by atoms with Crippen LogP contribution in [0.1, 0.15) is 20.3 Å². The van der Waals surface area contributed by atoms with Crippen molar-refractivity contribution < 1.29 is 4.74 Å². The molecule has 0 bridgehead atoms. The third-order valence-corrected chi connectivity index (χ3v) is 5.40. The van der Waals surface area contributed by atoms with Gasteiger partial charge < -0.3 is 4.74 Å². The lowest BCUT2D eigenvalue weighted by Gasteiger charge is -2.49. The molecule has 2 fully saturated rings. The van der Waals surface area contributed by atoms with Crippen LogP contribution in [0.3, 0.4) is 0 Å². The third kappa shape index (κ3) is 2.36. The van der Waals surface area contributed by atoms with E-state index in [2.05, 4.69) is 35.5 Å². The van der Waals surface area contributed by atoms with Gasteiger partial charge in [0.2, 0.25) is 0 Å². The molecule has 18 heavy (non-hydrogen) atoms. The van der Waals surface area contributed by atoms with E-state index in [0.717, 1.165) is 11.5 Å². The van der Waals surface area contributed by atoms with Gasteiger partial charge in [0.05, 0.1) is 6.20 Å². The highest BCUT2D eigenvalue weighted by Gasteiger charge is 2.50. The predicted octanol–water partition coefficient (Wildman–Crippen LogP) is 2.43. The minimum absolute atomic E-state index is 0.355. The van der Waals surface area contributed by atoms with Gasteiger partial charge in [0.15, 0.2) is 0 Å². The minimum atomic E-state index is 0.355. The smallest absolute Gasteiger partial charge is 0.138 e. The zero-order valence-corrected chi connectivity index (χ0v) is 11.8. The SMILES string of the molecule is CC(C)N1CC2(CC(Oc3cccnc3)CS2)C1. The molecular formula is C14H20N2OS. The number of nitrogens with zero attached hydrogens (tertiary/aromatic N) is 2. The number of thioether (sulfide) groups is 1. The van der Waals surface area contributed by atoms with Crippen LogP contribution in [0.25, 0.3) is 0 Å². The van der Waals surface area contributed by atoms with Gasteiger partial charge in [0.1, 0.15) is 11.9 Å². The number of pyridine rings is 1. The van der Waals surface area contributed by atoms with E-state index >= 15 is 0 Å². The van der Waals surface area contributed by atoms with Crippen molar-refractivity contribution in [2.45, 2.75) is 37.2 Å². The van der Waals surface area contributed by atoms with Gasteiger partial charge in [-0.05, 0) is 26.0 Å². The summed E-state index contributed by atoms with van der Waals surface area (Å²) in [6.07, 6.45) is 5.12. The van der Waals surface area contributed by atoms with E-state index in [1.165, 1.54) is 19.5 Å². The molecule has 3 nitrogen and oxygen atoms in total. The third-order valence-electron chi connectivity index (χ3n) is 3.83. The fourth-order valence-electron chi connectivity index (χ4n) is 2.77. The number of rotatable bonds is 3. The average Bonchev–Trinajstić information content (AvgIpc) is 2.72. The summed E-state index contributed by atoms with van der Waals surface area (Å²) < 4.78 is 6.47. The van der Waals surface area contributed by atoms with E-state index in [-0.39, 0.29) is 0 Å². The summed E-state index contributed by atoms with van der Waals surface area (Å²) in [5, 5.41) is 0. The minimum Gasteiger partial charge on any atom is -0.488 e. The van der Waals surface area contributed by atoms with E-state index in [9.17, 15) is 0 Å². The van der Waals surface area contributed by atoms with E-state index in [4.69, 9.17) is 4.74 Å². The molecule has 1 spiro atoms. The van der Waals surface area contributed by atoms with E-state index in [0.29, 0.717) is 16.9 Å². The normalized spacial score (nSPS) is 26.5. The second-order valence-electron chi connectivity index (χ2n) is 5.63. The van der Waals surface area contributed by atoms with Crippen LogP contribution in [0.4, 0.5) is 0 Å². The summed E-state index contributed by atoms with van der Waals surface area (Å²) in [5.74, 6) is 2.01. The van der Waals surface area contributed by atoms with Crippen LogP contribution < -0.4 is 4.74 Å². The molecule has 1 unspecified atom stereocenters. The van der Waals surface area contributed by atoms with Gasteiger partial charge in [0.25, 0.3) is 0 Å². The first kappa shape index (κ1) is 12.3. The molecule has 3 rings (SSSR count). The first-order valence-corrected chi connectivity index (χ1v) is 7.60. The lowest BCUT2D eigenvalue weighted by atomic mass is 9.92. The Kier molecular flexibility index (Phi) is 3.24. The lowest BCUT2D eigenvalue weighted by Crippen LogP contribution is -2.61. The van der Waals surface area contributed by atoms with Crippen LogP contribution in [-0.4, -0.2) is 45.6 Å². The van der Waals surface area contributed by atoms with Crippen LogP contribution in [0, 0.1) is 0 Å². The second kappa shape index (κ2) is 4.74. The molecule has 0 N–H and O–H groups in total. The summed E-state index contributed by atoms with van der Waals surface area (Å²) in [4.78, 5) is 6.63. The first-order chi connectivity index (χ1) is 8.67. The standard InChI is InChI=1S/C14H20N2OS/c1-11(2)16-9-14(10-16)6-13(8-18-14)17-12-4-3-5-15-7-12/h3-5,7,11,13H,6,8-10H2,1-2H3. The molecule has 1 aromatic heterocycles. The van der Waals surface area contributed by atoms with Crippen LogP contribution in [0.2, 0.25) is 0 Å². The maximum Gasteiger partial charge on any atom is 0.138 e. The molecule has 4 heteroatoms. The Morgan fingerprint density at radius 1 is 1.50 bits per heavy atom. The highest BCUT2D eigenvalue weighted by molar-refractivity contribution is 8.01. The molecule has 0 aromatic carbocycles. The summed E-state index contributed by atoms with van der Waals surface area (Å²) >= 11 is 2.09. The second-order valence-corrected chi connectivity index (χ2v) is 7.11. The molecule has 2 saturated heterocycles. The molecule has 0 saturated carbocycles. The first-order valence-electron chi connectivity index (χ1n) is 6.62. The molecular weight excluding hydrogens is 244 g/mol. The van der Waals surface area contributed by atoms with Gasteiger partial charge in [-0.15, -0.1) is 11.8 Å². The van der Waals surface area contributed by atoms with Crippen LogP contribution in [0.5, 0.6) is 5.75 Å². The number of hydrogen-bond donors (Lipinski definition) is 0. The van der Waals surface area contributed by atoms with Crippen LogP contribution in [0.15, 0.2) is 24.5 Å². The van der Waals surface area contributed by atoms with Gasteiger partial charge in [-0.1, -0.05) is 0 Å². The molecule has 98 valence electrons. The number of hydrogen-bond acceptors (Lipinski definition) is 4. The molecule has 3 heterocycles. The molecule has 1 aromatic rings. The van der Waals surface area contributed by atoms with Crippen molar-refractivity contribution in [2.75, 3.05) is 18.8 Å². The fraction of sp³-hybridized carbons (Fsp3) is 0.643. The van der Waals surface area contributed by atoms with Crippen molar-refractivity contribution >= 4 is 11.8 Å². The predicted molar refractivity (Wildman–Crippen MR) is 75.2 cm³/mol. The van der Waals surface area contributed by atoms with E-state index in [1.807, 2.05) is 12.1 Å². The highest BCUT2D eigenvalue weighted by Crippen LogP contribution is 2.46. The average molecular weight is 264 g/mol. The van der Waals surface area contributed by atoms with Crippen molar-refractivity contribution in [3.63, 3.8) is 0 Å². The van der Waals surface area contributed by atoms with Crippen molar-refractivity contribution in [1.82, 2.24) is 9.88 Å². The van der Waals surface area contributed by atoms with Gasteiger partial charge in [0, 0.05) is 42.2 Å². The Bertz CT molecular complexity index is 404. The molecule has 1 atom stereocenters. The Morgan fingerprint density at radius 3 is 3.00 bits per heavy atom. The Hall–Kier alpha value is -0.740. The van der Waals surface area contributed by atoms with Gasteiger partial charge in [-0.25, -0.2) is 0 Å². The number of ether oxygens (including phenoxy) is 1. The maximum atomic E-state index is 6.00. The highest BCUT2D eigenvalue weighted by atomic mass is 32.2. The summed E-state index contributed by atoms with van der Waals surface area (Å²) in [5.41, 5.74) is 0. The van der Waals surface area contributed by atoms with Crippen molar-refractivity contribution in [3.05, 3.63) is 24.5 Å². The van der Waals surface area contributed by atoms with Crippen LogP contribution in [-0.2, 0) is 0 Å². The topological polar surface area (TPSA) is 25.4 Å². The number of likely N-dealkylation sites (tertiary alicyclic amines) is 1. The molecule has 0 aliphatic carbocycles. The Morgan fingerprint density at radius 2 is 2.33 bits per heavy atom. The largest absolute Gasteiger partial charge is 0.488 e. The van der Waals surface area contributed by atoms with Gasteiger partial charge in [-0.3, -0.25) is 9.88 Å². The van der Waals surface area contributed by atoms with E-state index in [1.54, 1.807) is 12.4 Å². The van der Waals surface area contributed by atoms with Gasteiger partial charge >= 0.3 is 0 Å².